The van der Waals surface area contributed by atoms with Crippen molar-refractivity contribution in [2.75, 3.05) is 13.2 Å². The lowest BCUT2D eigenvalue weighted by Gasteiger charge is -2.43. The number of hydrogen-bond donors (Lipinski definition) is 5. The maximum Gasteiger partial charge on any atom is 0.336 e. The number of ether oxygens (including phenoxy) is 3. The van der Waals surface area contributed by atoms with Gasteiger partial charge in [-0.05, 0) is 26.0 Å². The lowest BCUT2D eigenvalue weighted by Crippen LogP contribution is -2.61. The number of fused-ring (bicyclic) bond motifs is 2. The zero-order valence-electron chi connectivity index (χ0n) is 18.0. The van der Waals surface area contributed by atoms with Gasteiger partial charge in [-0.25, -0.2) is 4.79 Å². The van der Waals surface area contributed by atoms with Crippen molar-refractivity contribution >= 4 is 21.9 Å². The highest BCUT2D eigenvalue weighted by molar-refractivity contribution is 6.01. The van der Waals surface area contributed by atoms with Crippen LogP contribution in [0, 0.1) is 0 Å². The van der Waals surface area contributed by atoms with Crippen molar-refractivity contribution < 1.29 is 48.6 Å². The van der Waals surface area contributed by atoms with Gasteiger partial charge in [-0.2, -0.15) is 0 Å². The Bertz CT molecular complexity index is 1160. The molecule has 6 atom stereocenters. The van der Waals surface area contributed by atoms with Crippen LogP contribution in [0.1, 0.15) is 13.8 Å². The van der Waals surface area contributed by atoms with Gasteiger partial charge in [0.2, 0.25) is 0 Å². The van der Waals surface area contributed by atoms with Gasteiger partial charge in [-0.15, -0.1) is 0 Å². The molecule has 0 radical (unpaired) electrons. The van der Waals surface area contributed by atoms with E-state index in [1.807, 2.05) is 0 Å². The molecule has 1 aromatic carbocycles. The van der Waals surface area contributed by atoms with E-state index in [1.54, 1.807) is 18.2 Å². The molecule has 0 amide bonds. The molecule has 1 saturated heterocycles. The first-order valence-corrected chi connectivity index (χ1v) is 10.4. The predicted octanol–water partition coefficient (Wildman–Crippen LogP) is -0.126. The highest BCUT2D eigenvalue weighted by Gasteiger charge is 2.47. The number of rotatable bonds is 7. The third-order valence-corrected chi connectivity index (χ3v) is 5.77. The van der Waals surface area contributed by atoms with Gasteiger partial charge < -0.3 is 48.6 Å². The van der Waals surface area contributed by atoms with E-state index in [-0.39, 0.29) is 12.2 Å². The maximum atomic E-state index is 11.6. The summed E-state index contributed by atoms with van der Waals surface area (Å²) in [4.78, 5) is 11.6. The Morgan fingerprint density at radius 2 is 1.79 bits per heavy atom. The Balaban J connectivity index is 1.52. The molecule has 1 aliphatic heterocycles. The second kappa shape index (κ2) is 9.03. The molecule has 11 nitrogen and oxygen atoms in total. The fourth-order valence-electron chi connectivity index (χ4n) is 3.67. The molecule has 3 heterocycles. The highest BCUT2D eigenvalue weighted by Crippen LogP contribution is 2.35. The average Bonchev–Trinajstić information content (AvgIpc) is 3.24. The van der Waals surface area contributed by atoms with Gasteiger partial charge in [0.05, 0.1) is 29.2 Å². The zero-order chi connectivity index (χ0) is 23.9. The molecule has 5 N–H and O–H groups in total. The van der Waals surface area contributed by atoms with Crippen molar-refractivity contribution in [1.29, 1.82) is 0 Å². The molecule has 0 saturated carbocycles. The minimum Gasteiger partial charge on any atom is -0.489 e. The van der Waals surface area contributed by atoms with Crippen molar-refractivity contribution in [1.82, 2.24) is 0 Å². The van der Waals surface area contributed by atoms with Crippen LogP contribution in [0.25, 0.3) is 21.9 Å². The van der Waals surface area contributed by atoms with Crippen molar-refractivity contribution in [3.63, 3.8) is 0 Å². The van der Waals surface area contributed by atoms with Gasteiger partial charge in [-0.3, -0.25) is 0 Å². The molecule has 2 aromatic heterocycles. The van der Waals surface area contributed by atoms with Gasteiger partial charge >= 0.3 is 5.63 Å². The fraction of sp³-hybridized carbons (Fsp3) is 0.500. The van der Waals surface area contributed by atoms with Crippen molar-refractivity contribution in [3.05, 3.63) is 40.9 Å². The Morgan fingerprint density at radius 3 is 2.52 bits per heavy atom. The molecule has 4 rings (SSSR count). The number of benzene rings is 1. The van der Waals surface area contributed by atoms with Gasteiger partial charge in [0, 0.05) is 12.1 Å². The summed E-state index contributed by atoms with van der Waals surface area (Å²) in [5.74, 6) is 0.336. The van der Waals surface area contributed by atoms with Crippen LogP contribution in [0.4, 0.5) is 0 Å². The third kappa shape index (κ3) is 4.49. The quantitative estimate of drug-likeness (QED) is 0.294. The summed E-state index contributed by atoms with van der Waals surface area (Å²) in [7, 11) is 0. The monoisotopic (exact) mass is 466 g/mol. The second-order valence-corrected chi connectivity index (χ2v) is 8.45. The average molecular weight is 466 g/mol. The smallest absolute Gasteiger partial charge is 0.336 e. The van der Waals surface area contributed by atoms with Gasteiger partial charge in [0.25, 0.3) is 0 Å². The molecule has 0 unspecified atom stereocenters. The number of aliphatic hydroxyl groups excluding tert-OH is 5. The third-order valence-electron chi connectivity index (χ3n) is 5.77. The Morgan fingerprint density at radius 1 is 1.06 bits per heavy atom. The molecule has 1 fully saturated rings. The first-order valence-electron chi connectivity index (χ1n) is 10.4. The summed E-state index contributed by atoms with van der Waals surface area (Å²) >= 11 is 0. The Kier molecular flexibility index (Phi) is 6.47. The minimum absolute atomic E-state index is 0.256. The van der Waals surface area contributed by atoms with Crippen LogP contribution in [0.15, 0.2) is 44.2 Å². The zero-order valence-corrected chi connectivity index (χ0v) is 18.0. The molecule has 33 heavy (non-hydrogen) atoms. The summed E-state index contributed by atoms with van der Waals surface area (Å²) in [6, 6.07) is 6.05. The molecular formula is C22H26O11. The molecule has 0 bridgehead atoms. The van der Waals surface area contributed by atoms with E-state index in [1.165, 1.54) is 26.2 Å². The van der Waals surface area contributed by atoms with E-state index in [4.69, 9.17) is 23.0 Å². The number of furan rings is 1. The van der Waals surface area contributed by atoms with Gasteiger partial charge in [-0.1, -0.05) is 0 Å². The van der Waals surface area contributed by atoms with Crippen molar-refractivity contribution in [2.45, 2.75) is 56.3 Å². The summed E-state index contributed by atoms with van der Waals surface area (Å²) in [5.41, 5.74) is -1.20. The summed E-state index contributed by atoms with van der Waals surface area (Å²) < 4.78 is 27.6. The van der Waals surface area contributed by atoms with Gasteiger partial charge in [0.15, 0.2) is 6.29 Å². The van der Waals surface area contributed by atoms with E-state index >= 15 is 0 Å². The normalized spacial score (nSPS) is 27.2. The molecular weight excluding hydrogens is 440 g/mol. The topological polar surface area (TPSA) is 172 Å². The van der Waals surface area contributed by atoms with E-state index < -0.39 is 54.6 Å². The molecule has 3 aromatic rings. The first-order chi connectivity index (χ1) is 15.6. The molecule has 0 aliphatic carbocycles. The Hall–Kier alpha value is -2.51. The van der Waals surface area contributed by atoms with Crippen LogP contribution in [0.5, 0.6) is 5.75 Å². The molecule has 1 aliphatic rings. The van der Waals surface area contributed by atoms with Gasteiger partial charge in [0.1, 0.15) is 54.0 Å². The summed E-state index contributed by atoms with van der Waals surface area (Å²) in [6.07, 6.45) is -7.10. The predicted molar refractivity (Wildman–Crippen MR) is 113 cm³/mol. The van der Waals surface area contributed by atoms with Crippen LogP contribution < -0.4 is 10.4 Å². The maximum absolute atomic E-state index is 11.6. The van der Waals surface area contributed by atoms with E-state index in [9.17, 15) is 30.3 Å². The van der Waals surface area contributed by atoms with Crippen LogP contribution in [-0.2, 0) is 9.47 Å². The highest BCUT2D eigenvalue weighted by atomic mass is 16.7. The largest absolute Gasteiger partial charge is 0.489 e. The lowest BCUT2D eigenvalue weighted by atomic mass is 9.98. The molecule has 11 heteroatoms. The standard InChI is InChI=1S/C22H26O11/c1-22(2,33-21-19(28)18(27)17(26)14(8-23)32-21)15(24)9-30-20-10-3-4-16(25)31-13(10)7-12-11(20)5-6-29-12/h3-7,14-15,17-19,21,23-24,26-28H,8-9H2,1-2H3/t14-,15+,17-,18+,19-,21+/m1/s1. The van der Waals surface area contributed by atoms with Crippen molar-refractivity contribution in [2.24, 2.45) is 0 Å². The fourth-order valence-corrected chi connectivity index (χ4v) is 3.67. The van der Waals surface area contributed by atoms with E-state index in [0.29, 0.717) is 22.1 Å². The van der Waals surface area contributed by atoms with E-state index in [0.717, 1.165) is 0 Å². The summed E-state index contributed by atoms with van der Waals surface area (Å²) in [5, 5.41) is 51.3. The Labute approximate surface area is 187 Å². The first kappa shape index (κ1) is 23.6. The molecule has 0 spiro atoms. The van der Waals surface area contributed by atoms with Crippen LogP contribution in [0.3, 0.4) is 0 Å². The number of hydrogen-bond acceptors (Lipinski definition) is 11. The minimum atomic E-state index is -1.61. The summed E-state index contributed by atoms with van der Waals surface area (Å²) in [6.45, 7) is 2.19. The number of aliphatic hydroxyl groups is 5. The molecule has 180 valence electrons. The van der Waals surface area contributed by atoms with Crippen molar-refractivity contribution in [3.8, 4) is 5.75 Å². The van der Waals surface area contributed by atoms with Crippen LogP contribution >= 0.6 is 0 Å². The van der Waals surface area contributed by atoms with Crippen LogP contribution in [-0.4, -0.2) is 81.2 Å². The lowest BCUT2D eigenvalue weighted by molar-refractivity contribution is -0.332. The van der Waals surface area contributed by atoms with Crippen LogP contribution in [0.2, 0.25) is 0 Å². The SMILES string of the molecule is CC(C)(O[C@@H]1O[C@H](CO)[C@@H](O)[C@H](O)[C@H]1O)[C@@H](O)COc1c2ccoc2cc2oc(=O)ccc12. The second-order valence-electron chi connectivity index (χ2n) is 8.45. The van der Waals surface area contributed by atoms with E-state index in [2.05, 4.69) is 0 Å².